The number of rotatable bonds is 2. The molecular formula is C27H33NO4S. The van der Waals surface area contributed by atoms with Gasteiger partial charge < -0.3 is 14.9 Å². The van der Waals surface area contributed by atoms with E-state index in [-0.39, 0.29) is 5.41 Å². The smallest absolute Gasteiger partial charge is 0.139 e. The van der Waals surface area contributed by atoms with E-state index in [1.54, 1.807) is 7.11 Å². The molecule has 2 aromatic rings. The predicted molar refractivity (Wildman–Crippen MR) is 127 cm³/mol. The standard InChI is InChI=1S/C27H33NO4S/c1-25-12-10-19-17(18(25)8-9-21(25)29)14-22(30)27(31)23-20(11-13-26(19,27)2)28-24(33-23)15-4-6-16(32-3)7-5-15/h4-7,17-19,22,30-31H,8-14H2,1-3H3/t17-,18-,19-,22-,25-,26+,27+/m0/s1. The molecule has 176 valence electrons. The van der Waals surface area contributed by atoms with Crippen LogP contribution in [0.4, 0.5) is 0 Å². The Kier molecular flexibility index (Phi) is 4.70. The van der Waals surface area contributed by atoms with Gasteiger partial charge in [0, 0.05) is 22.8 Å². The Bertz CT molecular complexity index is 1110. The lowest BCUT2D eigenvalue weighted by Crippen LogP contribution is -2.65. The minimum Gasteiger partial charge on any atom is -0.497 e. The molecule has 6 rings (SSSR count). The largest absolute Gasteiger partial charge is 0.497 e. The van der Waals surface area contributed by atoms with E-state index in [2.05, 4.69) is 13.8 Å². The van der Waals surface area contributed by atoms with Gasteiger partial charge in [-0.1, -0.05) is 13.8 Å². The van der Waals surface area contributed by atoms with Crippen LogP contribution in [0.5, 0.6) is 5.75 Å². The van der Waals surface area contributed by atoms with Gasteiger partial charge in [-0.2, -0.15) is 0 Å². The number of methoxy groups -OCH3 is 1. The number of aromatic nitrogens is 1. The molecule has 4 aliphatic rings. The molecule has 1 aromatic carbocycles. The number of aliphatic hydroxyl groups is 2. The summed E-state index contributed by atoms with van der Waals surface area (Å²) in [5.41, 5.74) is -0.0144. The number of ketones is 1. The van der Waals surface area contributed by atoms with Gasteiger partial charge in [-0.25, -0.2) is 4.98 Å². The fraction of sp³-hybridized carbons (Fsp3) is 0.630. The van der Waals surface area contributed by atoms with Crippen LogP contribution in [-0.2, 0) is 16.8 Å². The molecule has 0 bridgehead atoms. The monoisotopic (exact) mass is 467 g/mol. The average Bonchev–Trinajstić information content (AvgIpc) is 3.38. The van der Waals surface area contributed by atoms with Gasteiger partial charge in [0.25, 0.3) is 0 Å². The Hall–Kier alpha value is -1.76. The molecule has 0 amide bonds. The Morgan fingerprint density at radius 1 is 1.09 bits per heavy atom. The quantitative estimate of drug-likeness (QED) is 0.667. The van der Waals surface area contributed by atoms with Crippen LogP contribution in [0.25, 0.3) is 10.6 Å². The average molecular weight is 468 g/mol. The van der Waals surface area contributed by atoms with Gasteiger partial charge in [0.2, 0.25) is 0 Å². The number of carbonyl (C=O) groups is 1. The lowest BCUT2D eigenvalue weighted by Gasteiger charge is -2.63. The molecule has 1 heterocycles. The molecule has 0 radical (unpaired) electrons. The fourth-order valence-electron chi connectivity index (χ4n) is 8.11. The van der Waals surface area contributed by atoms with Crippen LogP contribution < -0.4 is 4.74 Å². The molecule has 3 saturated carbocycles. The third kappa shape index (κ3) is 2.72. The van der Waals surface area contributed by atoms with Gasteiger partial charge in [-0.05, 0) is 80.5 Å². The lowest BCUT2D eigenvalue weighted by atomic mass is 9.43. The van der Waals surface area contributed by atoms with E-state index in [9.17, 15) is 15.0 Å². The van der Waals surface area contributed by atoms with Crippen molar-refractivity contribution in [3.63, 3.8) is 0 Å². The zero-order valence-corrected chi connectivity index (χ0v) is 20.5. The van der Waals surface area contributed by atoms with Crippen molar-refractivity contribution in [3.05, 3.63) is 34.8 Å². The number of thiazole rings is 1. The van der Waals surface area contributed by atoms with Crippen LogP contribution in [-0.4, -0.2) is 34.2 Å². The summed E-state index contributed by atoms with van der Waals surface area (Å²) in [5.74, 6) is 2.15. The number of aryl methyl sites for hydroxylation is 1. The molecular weight excluding hydrogens is 434 g/mol. The third-order valence-corrected chi connectivity index (χ3v) is 11.3. The maximum Gasteiger partial charge on any atom is 0.139 e. The summed E-state index contributed by atoms with van der Waals surface area (Å²) in [4.78, 5) is 18.5. The molecule has 0 unspecified atom stereocenters. The molecule has 2 N–H and O–H groups in total. The van der Waals surface area contributed by atoms with Crippen molar-refractivity contribution in [1.82, 2.24) is 4.98 Å². The van der Waals surface area contributed by atoms with Crippen molar-refractivity contribution in [1.29, 1.82) is 0 Å². The van der Waals surface area contributed by atoms with E-state index in [1.807, 2.05) is 24.3 Å². The molecule has 4 aliphatic carbocycles. The molecule has 3 fully saturated rings. The van der Waals surface area contributed by atoms with Crippen molar-refractivity contribution >= 4 is 17.1 Å². The van der Waals surface area contributed by atoms with E-state index in [0.29, 0.717) is 36.4 Å². The number of Topliss-reactive ketones (excluding diaryl/α,β-unsaturated/α-hetero) is 1. The van der Waals surface area contributed by atoms with Gasteiger partial charge in [-0.3, -0.25) is 4.79 Å². The topological polar surface area (TPSA) is 79.7 Å². The number of carbonyl (C=O) groups excluding carboxylic acids is 1. The molecule has 5 nitrogen and oxygen atoms in total. The highest BCUT2D eigenvalue weighted by Gasteiger charge is 2.68. The van der Waals surface area contributed by atoms with Crippen LogP contribution >= 0.6 is 11.3 Å². The molecule has 33 heavy (non-hydrogen) atoms. The van der Waals surface area contributed by atoms with Gasteiger partial charge >= 0.3 is 0 Å². The van der Waals surface area contributed by atoms with Crippen molar-refractivity contribution in [2.45, 2.75) is 70.5 Å². The van der Waals surface area contributed by atoms with Crippen molar-refractivity contribution < 1.29 is 19.7 Å². The SMILES string of the molecule is COc1ccc(-c2nc3c(s2)[C@]2(O)[C@@H](O)C[C@H]4[C@@H]5CCC(=O)[C@@]5(C)CC[C@@H]4[C@@]2(C)CC3)cc1. The lowest BCUT2D eigenvalue weighted by molar-refractivity contribution is -0.247. The summed E-state index contributed by atoms with van der Waals surface area (Å²) >= 11 is 1.53. The van der Waals surface area contributed by atoms with E-state index < -0.39 is 17.1 Å². The fourth-order valence-corrected chi connectivity index (χ4v) is 9.50. The Morgan fingerprint density at radius 3 is 2.58 bits per heavy atom. The maximum atomic E-state index is 12.7. The second-order valence-electron chi connectivity index (χ2n) is 11.3. The first kappa shape index (κ1) is 21.8. The summed E-state index contributed by atoms with van der Waals surface area (Å²) < 4.78 is 5.28. The Morgan fingerprint density at radius 2 is 1.85 bits per heavy atom. The van der Waals surface area contributed by atoms with Gasteiger partial charge in [0.05, 0.1) is 23.8 Å². The molecule has 6 heteroatoms. The van der Waals surface area contributed by atoms with Gasteiger partial charge in [0.15, 0.2) is 0 Å². The predicted octanol–water partition coefficient (Wildman–Crippen LogP) is 4.74. The summed E-state index contributed by atoms with van der Waals surface area (Å²) in [6.07, 6.45) is 4.83. The highest BCUT2D eigenvalue weighted by Crippen LogP contribution is 2.68. The van der Waals surface area contributed by atoms with E-state index >= 15 is 0 Å². The van der Waals surface area contributed by atoms with Crippen molar-refractivity contribution in [2.75, 3.05) is 7.11 Å². The zero-order chi connectivity index (χ0) is 23.2. The van der Waals surface area contributed by atoms with Crippen LogP contribution in [0.3, 0.4) is 0 Å². The number of nitrogens with zero attached hydrogens (tertiary/aromatic N) is 1. The number of ether oxygens (including phenoxy) is 1. The minimum atomic E-state index is -1.29. The Labute approximate surface area is 199 Å². The minimum absolute atomic E-state index is 0.238. The molecule has 0 saturated heterocycles. The third-order valence-electron chi connectivity index (χ3n) is 10.1. The number of fused-ring (bicyclic) bond motifs is 7. The van der Waals surface area contributed by atoms with E-state index in [0.717, 1.165) is 59.0 Å². The number of aliphatic hydroxyl groups excluding tert-OH is 1. The van der Waals surface area contributed by atoms with Crippen molar-refractivity contribution in [2.24, 2.45) is 28.6 Å². The Balaban J connectivity index is 1.40. The molecule has 1 aromatic heterocycles. The maximum absolute atomic E-state index is 12.7. The van der Waals surface area contributed by atoms with Crippen LogP contribution in [0.15, 0.2) is 24.3 Å². The first-order valence-electron chi connectivity index (χ1n) is 12.3. The second kappa shape index (κ2) is 7.12. The zero-order valence-electron chi connectivity index (χ0n) is 19.6. The normalized spacial score (nSPS) is 41.7. The molecule has 0 aliphatic heterocycles. The summed E-state index contributed by atoms with van der Waals surface area (Å²) in [6.45, 7) is 4.35. The highest BCUT2D eigenvalue weighted by atomic mass is 32.1. The second-order valence-corrected chi connectivity index (χ2v) is 12.3. The first-order chi connectivity index (χ1) is 15.7. The number of hydrogen-bond acceptors (Lipinski definition) is 6. The van der Waals surface area contributed by atoms with E-state index in [4.69, 9.17) is 9.72 Å². The highest BCUT2D eigenvalue weighted by molar-refractivity contribution is 7.15. The van der Waals surface area contributed by atoms with Crippen LogP contribution in [0.1, 0.15) is 62.9 Å². The summed E-state index contributed by atoms with van der Waals surface area (Å²) in [6, 6.07) is 7.85. The molecule has 7 atom stereocenters. The van der Waals surface area contributed by atoms with Gasteiger partial charge in [0.1, 0.15) is 22.1 Å². The number of benzene rings is 1. The van der Waals surface area contributed by atoms with Crippen LogP contribution in [0.2, 0.25) is 0 Å². The number of hydrogen-bond donors (Lipinski definition) is 2. The summed E-state index contributed by atoms with van der Waals surface area (Å²) in [7, 11) is 1.65. The molecule has 0 spiro atoms. The summed E-state index contributed by atoms with van der Waals surface area (Å²) in [5, 5.41) is 24.8. The van der Waals surface area contributed by atoms with E-state index in [1.165, 1.54) is 11.3 Å². The van der Waals surface area contributed by atoms with Crippen LogP contribution in [0, 0.1) is 28.6 Å². The van der Waals surface area contributed by atoms with Gasteiger partial charge in [-0.15, -0.1) is 11.3 Å². The first-order valence-corrected chi connectivity index (χ1v) is 13.1. The van der Waals surface area contributed by atoms with Crippen molar-refractivity contribution in [3.8, 4) is 16.3 Å².